The van der Waals surface area contributed by atoms with Crippen molar-refractivity contribution in [2.75, 3.05) is 0 Å². The molecular formula is C9H12O6. The van der Waals surface area contributed by atoms with Crippen molar-refractivity contribution in [3.63, 3.8) is 0 Å². The van der Waals surface area contributed by atoms with Gasteiger partial charge in [0.05, 0.1) is 6.42 Å². The highest BCUT2D eigenvalue weighted by atomic mass is 16.7. The van der Waals surface area contributed by atoms with Gasteiger partial charge in [-0.2, -0.15) is 0 Å². The van der Waals surface area contributed by atoms with Crippen molar-refractivity contribution < 1.29 is 29.3 Å². The van der Waals surface area contributed by atoms with E-state index in [2.05, 4.69) is 22.6 Å². The molecule has 6 heteroatoms. The van der Waals surface area contributed by atoms with Crippen LogP contribution >= 0.6 is 0 Å². The van der Waals surface area contributed by atoms with Crippen molar-refractivity contribution in [1.29, 1.82) is 0 Å². The summed E-state index contributed by atoms with van der Waals surface area (Å²) in [6.45, 7) is 6.22. The number of ether oxygens (including phenoxy) is 2. The lowest BCUT2D eigenvalue weighted by molar-refractivity contribution is -0.188. The number of carbonyl (C=O) groups excluding carboxylic acids is 2. The average Bonchev–Trinajstić information content (AvgIpc) is 2.16. The summed E-state index contributed by atoms with van der Waals surface area (Å²) in [7, 11) is 0. The molecule has 0 saturated heterocycles. The third-order valence-electron chi connectivity index (χ3n) is 1.24. The third-order valence-corrected chi connectivity index (χ3v) is 1.24. The van der Waals surface area contributed by atoms with Crippen LogP contribution in [0.25, 0.3) is 0 Å². The van der Waals surface area contributed by atoms with Gasteiger partial charge in [-0.25, -0.2) is 9.59 Å². The molecule has 0 spiro atoms. The van der Waals surface area contributed by atoms with Gasteiger partial charge in [-0.1, -0.05) is 13.2 Å². The minimum Gasteiger partial charge on any atom is -0.433 e. The maximum atomic E-state index is 10.6. The Morgan fingerprint density at radius 1 is 1.07 bits per heavy atom. The second-order valence-corrected chi connectivity index (χ2v) is 2.43. The molecule has 0 aromatic carbocycles. The van der Waals surface area contributed by atoms with Crippen LogP contribution in [0, 0.1) is 0 Å². The minimum atomic E-state index is -1.57. The number of aliphatic hydroxyl groups is 2. The molecule has 0 aromatic heterocycles. The molecular weight excluding hydrogens is 204 g/mol. The van der Waals surface area contributed by atoms with Gasteiger partial charge < -0.3 is 19.7 Å². The maximum absolute atomic E-state index is 10.6. The summed E-state index contributed by atoms with van der Waals surface area (Å²) in [4.78, 5) is 21.2. The molecule has 84 valence electrons. The minimum absolute atomic E-state index is 0.445. The number of carbonyl (C=O) groups is 2. The van der Waals surface area contributed by atoms with Gasteiger partial charge in [0.1, 0.15) is 0 Å². The summed E-state index contributed by atoms with van der Waals surface area (Å²) in [5.74, 6) is -1.69. The van der Waals surface area contributed by atoms with Crippen molar-refractivity contribution in [2.45, 2.75) is 19.0 Å². The van der Waals surface area contributed by atoms with Gasteiger partial charge in [0.25, 0.3) is 0 Å². The fourth-order valence-electron chi connectivity index (χ4n) is 0.633. The Hall–Kier alpha value is -1.66. The van der Waals surface area contributed by atoms with Gasteiger partial charge in [0.15, 0.2) is 0 Å². The van der Waals surface area contributed by atoms with Crippen LogP contribution in [-0.4, -0.2) is 34.7 Å². The molecule has 0 bridgehead atoms. The van der Waals surface area contributed by atoms with Crippen LogP contribution in [0.1, 0.15) is 6.42 Å². The predicted molar refractivity (Wildman–Crippen MR) is 49.2 cm³/mol. The first-order valence-corrected chi connectivity index (χ1v) is 4.01. The van der Waals surface area contributed by atoms with Gasteiger partial charge in [-0.3, -0.25) is 0 Å². The molecule has 0 aromatic rings. The summed E-state index contributed by atoms with van der Waals surface area (Å²) in [5.41, 5.74) is 0. The molecule has 15 heavy (non-hydrogen) atoms. The second-order valence-electron chi connectivity index (χ2n) is 2.43. The fraction of sp³-hybridized carbons (Fsp3) is 0.333. The highest BCUT2D eigenvalue weighted by Gasteiger charge is 2.17. The molecule has 0 radical (unpaired) electrons. The van der Waals surface area contributed by atoms with Gasteiger partial charge in [0.2, 0.25) is 12.6 Å². The zero-order valence-corrected chi connectivity index (χ0v) is 7.96. The quantitative estimate of drug-likeness (QED) is 0.352. The molecule has 0 aliphatic carbocycles. The van der Waals surface area contributed by atoms with Crippen LogP contribution in [0.2, 0.25) is 0 Å². The number of rotatable bonds is 6. The Kier molecular flexibility index (Phi) is 6.00. The Morgan fingerprint density at radius 2 is 1.40 bits per heavy atom. The average molecular weight is 216 g/mol. The first kappa shape index (κ1) is 13.3. The van der Waals surface area contributed by atoms with E-state index in [1.54, 1.807) is 0 Å². The lowest BCUT2D eigenvalue weighted by Gasteiger charge is -2.14. The summed E-state index contributed by atoms with van der Waals surface area (Å²) >= 11 is 0. The van der Waals surface area contributed by atoms with Crippen molar-refractivity contribution in [3.8, 4) is 0 Å². The predicted octanol–water partition coefficient (Wildman–Crippen LogP) is -0.528. The number of esters is 2. The van der Waals surface area contributed by atoms with E-state index in [0.29, 0.717) is 0 Å². The van der Waals surface area contributed by atoms with Crippen molar-refractivity contribution in [1.82, 2.24) is 0 Å². The van der Waals surface area contributed by atoms with Crippen LogP contribution in [0.15, 0.2) is 25.3 Å². The Bertz CT molecular complexity index is 233. The highest BCUT2D eigenvalue weighted by molar-refractivity contribution is 5.81. The molecule has 0 fully saturated rings. The van der Waals surface area contributed by atoms with Gasteiger partial charge in [0, 0.05) is 12.2 Å². The number of hydrogen-bond acceptors (Lipinski definition) is 6. The fourth-order valence-corrected chi connectivity index (χ4v) is 0.633. The lowest BCUT2D eigenvalue weighted by Crippen LogP contribution is -2.25. The normalized spacial score (nSPS) is 13.5. The second kappa shape index (κ2) is 6.74. The summed E-state index contributed by atoms with van der Waals surface area (Å²) < 4.78 is 8.61. The van der Waals surface area contributed by atoms with Crippen LogP contribution in [0.4, 0.5) is 0 Å². The molecule has 0 heterocycles. The standard InChI is InChI=1S/C9H12O6/c1-3-6(10)14-8(12)5-9(13)15-7(11)4-2/h3-4,8-9,12-13H,1-2,5H2. The number of aliphatic hydroxyl groups excluding tert-OH is 2. The van der Waals surface area contributed by atoms with E-state index >= 15 is 0 Å². The molecule has 0 rings (SSSR count). The first-order valence-electron chi connectivity index (χ1n) is 4.01. The maximum Gasteiger partial charge on any atom is 0.332 e. The third kappa shape index (κ3) is 6.42. The smallest absolute Gasteiger partial charge is 0.332 e. The van der Waals surface area contributed by atoms with Crippen molar-refractivity contribution >= 4 is 11.9 Å². The molecule has 2 atom stereocenters. The SMILES string of the molecule is C=CC(=O)OC(O)CC(O)OC(=O)C=C. The van der Waals surface area contributed by atoms with E-state index in [0.717, 1.165) is 12.2 Å². The highest BCUT2D eigenvalue weighted by Crippen LogP contribution is 2.02. The molecule has 2 N–H and O–H groups in total. The topological polar surface area (TPSA) is 93.1 Å². The van der Waals surface area contributed by atoms with Crippen LogP contribution in [0.5, 0.6) is 0 Å². The van der Waals surface area contributed by atoms with E-state index < -0.39 is 30.9 Å². The van der Waals surface area contributed by atoms with E-state index in [1.807, 2.05) is 0 Å². The van der Waals surface area contributed by atoms with Crippen molar-refractivity contribution in [3.05, 3.63) is 25.3 Å². The Balaban J connectivity index is 3.89. The largest absolute Gasteiger partial charge is 0.433 e. The van der Waals surface area contributed by atoms with E-state index in [9.17, 15) is 9.59 Å². The number of hydrogen-bond donors (Lipinski definition) is 2. The van der Waals surface area contributed by atoms with E-state index in [4.69, 9.17) is 10.2 Å². The summed E-state index contributed by atoms with van der Waals surface area (Å²) in [6.07, 6.45) is -1.87. The van der Waals surface area contributed by atoms with E-state index in [-0.39, 0.29) is 0 Å². The zero-order valence-electron chi connectivity index (χ0n) is 7.96. The van der Waals surface area contributed by atoms with Gasteiger partial charge in [-0.05, 0) is 0 Å². The summed E-state index contributed by atoms with van der Waals surface area (Å²) in [5, 5.41) is 18.1. The van der Waals surface area contributed by atoms with Crippen molar-refractivity contribution in [2.24, 2.45) is 0 Å². The first-order chi connectivity index (χ1) is 6.99. The van der Waals surface area contributed by atoms with Crippen LogP contribution in [-0.2, 0) is 19.1 Å². The molecule has 2 unspecified atom stereocenters. The molecule has 0 amide bonds. The van der Waals surface area contributed by atoms with Crippen LogP contribution < -0.4 is 0 Å². The molecule has 0 aliphatic rings. The van der Waals surface area contributed by atoms with Crippen LogP contribution in [0.3, 0.4) is 0 Å². The lowest BCUT2D eigenvalue weighted by atomic mass is 10.4. The monoisotopic (exact) mass is 216 g/mol. The zero-order chi connectivity index (χ0) is 11.8. The van der Waals surface area contributed by atoms with Gasteiger partial charge >= 0.3 is 11.9 Å². The van der Waals surface area contributed by atoms with E-state index in [1.165, 1.54) is 0 Å². The molecule has 6 nitrogen and oxygen atoms in total. The molecule has 0 aliphatic heterocycles. The Labute approximate surface area is 86.4 Å². The molecule has 0 saturated carbocycles. The summed E-state index contributed by atoms with van der Waals surface area (Å²) in [6, 6.07) is 0. The Morgan fingerprint density at radius 3 is 1.67 bits per heavy atom. The van der Waals surface area contributed by atoms with Gasteiger partial charge in [-0.15, -0.1) is 0 Å².